The first-order chi connectivity index (χ1) is 8.95. The third kappa shape index (κ3) is 3.82. The Morgan fingerprint density at radius 1 is 1.16 bits per heavy atom. The van der Waals surface area contributed by atoms with Gasteiger partial charge in [0, 0.05) is 0 Å². The van der Waals surface area contributed by atoms with Gasteiger partial charge >= 0.3 is 6.18 Å². The van der Waals surface area contributed by atoms with E-state index in [4.69, 9.17) is 16.3 Å². The van der Waals surface area contributed by atoms with E-state index in [1.54, 1.807) is 0 Å². The van der Waals surface area contributed by atoms with Crippen LogP contribution in [0.15, 0.2) is 36.7 Å². The molecule has 0 aliphatic rings. The minimum atomic E-state index is -4.39. The van der Waals surface area contributed by atoms with E-state index in [0.29, 0.717) is 5.69 Å². The van der Waals surface area contributed by atoms with Crippen LogP contribution in [0.2, 0.25) is 5.15 Å². The second-order valence-corrected chi connectivity index (χ2v) is 4.03. The molecule has 1 heterocycles. The van der Waals surface area contributed by atoms with Crippen molar-refractivity contribution in [2.24, 2.45) is 0 Å². The monoisotopic (exact) mass is 288 g/mol. The third-order valence-electron chi connectivity index (χ3n) is 2.22. The molecule has 0 spiro atoms. The molecule has 0 saturated heterocycles. The van der Waals surface area contributed by atoms with E-state index in [2.05, 4.69) is 9.97 Å². The van der Waals surface area contributed by atoms with Crippen LogP contribution < -0.4 is 4.74 Å². The third-order valence-corrected chi connectivity index (χ3v) is 2.42. The van der Waals surface area contributed by atoms with Gasteiger partial charge in [-0.15, -0.1) is 0 Å². The lowest BCUT2D eigenvalue weighted by atomic mass is 10.2. The van der Waals surface area contributed by atoms with Gasteiger partial charge in [0.1, 0.15) is 17.5 Å². The van der Waals surface area contributed by atoms with Gasteiger partial charge in [-0.1, -0.05) is 17.7 Å². The Bertz CT molecular complexity index is 558. The minimum absolute atomic E-state index is 0.0193. The summed E-state index contributed by atoms with van der Waals surface area (Å²) >= 11 is 5.56. The first-order valence-corrected chi connectivity index (χ1v) is 5.59. The summed E-state index contributed by atoms with van der Waals surface area (Å²) in [5.74, 6) is 0.117. The zero-order valence-electron chi connectivity index (χ0n) is 9.49. The van der Waals surface area contributed by atoms with Crippen molar-refractivity contribution in [1.29, 1.82) is 0 Å². The molecule has 2 aromatic rings. The van der Waals surface area contributed by atoms with Gasteiger partial charge in [0.15, 0.2) is 0 Å². The van der Waals surface area contributed by atoms with Gasteiger partial charge in [0.05, 0.1) is 23.7 Å². The fraction of sp³-hybridized carbons (Fsp3) is 0.167. The van der Waals surface area contributed by atoms with Crippen LogP contribution in [0, 0.1) is 0 Å². The minimum Gasteiger partial charge on any atom is -0.487 e. The largest absolute Gasteiger partial charge is 0.487 e. The van der Waals surface area contributed by atoms with Crippen molar-refractivity contribution < 1.29 is 17.9 Å². The molecule has 0 amide bonds. The topological polar surface area (TPSA) is 35.0 Å². The van der Waals surface area contributed by atoms with E-state index < -0.39 is 11.7 Å². The highest BCUT2D eigenvalue weighted by Gasteiger charge is 2.30. The van der Waals surface area contributed by atoms with E-state index in [1.807, 2.05) is 0 Å². The Hall–Kier alpha value is -1.82. The van der Waals surface area contributed by atoms with Crippen molar-refractivity contribution >= 4 is 11.6 Å². The summed E-state index contributed by atoms with van der Waals surface area (Å²) in [6.07, 6.45) is -1.65. The number of hydrogen-bond acceptors (Lipinski definition) is 3. The van der Waals surface area contributed by atoms with E-state index in [-0.39, 0.29) is 17.5 Å². The zero-order valence-corrected chi connectivity index (χ0v) is 10.2. The number of rotatable bonds is 3. The number of benzene rings is 1. The van der Waals surface area contributed by atoms with Crippen LogP contribution >= 0.6 is 11.6 Å². The van der Waals surface area contributed by atoms with Crippen molar-refractivity contribution in [1.82, 2.24) is 9.97 Å². The predicted molar refractivity (Wildman–Crippen MR) is 62.8 cm³/mol. The molecule has 7 heteroatoms. The molecule has 100 valence electrons. The smallest absolute Gasteiger partial charge is 0.416 e. The number of hydrogen-bond donors (Lipinski definition) is 0. The van der Waals surface area contributed by atoms with E-state index in [1.165, 1.54) is 24.5 Å². The molecule has 3 nitrogen and oxygen atoms in total. The average Bonchev–Trinajstić information content (AvgIpc) is 2.37. The standard InChI is InChI=1S/C12H8ClF3N2O/c13-11-6-17-9(5-18-11)7-19-10-3-1-2-8(4-10)12(14,15)16/h1-6H,7H2. The quantitative estimate of drug-likeness (QED) is 0.863. The van der Waals surface area contributed by atoms with Gasteiger partial charge in [0.2, 0.25) is 0 Å². The molecule has 0 aliphatic carbocycles. The van der Waals surface area contributed by atoms with Crippen LogP contribution in [0.5, 0.6) is 5.75 Å². The highest BCUT2D eigenvalue weighted by molar-refractivity contribution is 6.29. The molecule has 19 heavy (non-hydrogen) atoms. The Balaban J connectivity index is 2.05. The maximum absolute atomic E-state index is 12.5. The summed E-state index contributed by atoms with van der Waals surface area (Å²) in [4.78, 5) is 7.71. The summed E-state index contributed by atoms with van der Waals surface area (Å²) in [6, 6.07) is 4.64. The summed E-state index contributed by atoms with van der Waals surface area (Å²) in [5, 5.41) is 0.239. The van der Waals surface area contributed by atoms with E-state index in [9.17, 15) is 13.2 Å². The van der Waals surface area contributed by atoms with Crippen LogP contribution in [0.4, 0.5) is 13.2 Å². The Morgan fingerprint density at radius 3 is 2.58 bits per heavy atom. The van der Waals surface area contributed by atoms with Crippen molar-refractivity contribution in [3.63, 3.8) is 0 Å². The number of nitrogens with zero attached hydrogens (tertiary/aromatic N) is 2. The molecule has 0 saturated carbocycles. The molecule has 0 atom stereocenters. The number of aromatic nitrogens is 2. The SMILES string of the molecule is FC(F)(F)c1cccc(OCc2cnc(Cl)cn2)c1. The summed E-state index contributed by atoms with van der Waals surface area (Å²) in [6.45, 7) is 0.0193. The summed E-state index contributed by atoms with van der Waals surface area (Å²) in [5.41, 5.74) is -0.283. The first kappa shape index (κ1) is 13.6. The molecular weight excluding hydrogens is 281 g/mol. The molecular formula is C12H8ClF3N2O. The molecule has 0 aliphatic heterocycles. The van der Waals surface area contributed by atoms with Crippen LogP contribution in [0.3, 0.4) is 0 Å². The number of halogens is 4. The molecule has 0 N–H and O–H groups in total. The Labute approximate surface area is 112 Å². The van der Waals surface area contributed by atoms with Gasteiger partial charge in [-0.05, 0) is 18.2 Å². The highest BCUT2D eigenvalue weighted by atomic mass is 35.5. The molecule has 2 rings (SSSR count). The molecule has 0 radical (unpaired) electrons. The van der Waals surface area contributed by atoms with Crippen LogP contribution in [0.1, 0.15) is 11.3 Å². The van der Waals surface area contributed by atoms with Gasteiger partial charge in [-0.25, -0.2) is 4.98 Å². The summed E-state index contributed by atoms with van der Waals surface area (Å²) in [7, 11) is 0. The van der Waals surface area contributed by atoms with E-state index >= 15 is 0 Å². The molecule has 1 aromatic heterocycles. The second-order valence-electron chi connectivity index (χ2n) is 3.64. The maximum atomic E-state index is 12.5. The zero-order chi connectivity index (χ0) is 13.9. The maximum Gasteiger partial charge on any atom is 0.416 e. The fourth-order valence-electron chi connectivity index (χ4n) is 1.33. The molecule has 0 unspecified atom stereocenters. The van der Waals surface area contributed by atoms with Crippen molar-refractivity contribution in [3.8, 4) is 5.75 Å². The molecule has 1 aromatic carbocycles. The van der Waals surface area contributed by atoms with Crippen LogP contribution in [-0.4, -0.2) is 9.97 Å². The first-order valence-electron chi connectivity index (χ1n) is 5.21. The van der Waals surface area contributed by atoms with Gasteiger partial charge in [-0.3, -0.25) is 4.98 Å². The Kier molecular flexibility index (Phi) is 3.90. The molecule has 0 fully saturated rings. The highest BCUT2D eigenvalue weighted by Crippen LogP contribution is 2.31. The van der Waals surface area contributed by atoms with Crippen molar-refractivity contribution in [3.05, 3.63) is 53.1 Å². The van der Waals surface area contributed by atoms with E-state index in [0.717, 1.165) is 12.1 Å². The van der Waals surface area contributed by atoms with Gasteiger partial charge in [-0.2, -0.15) is 13.2 Å². The lowest BCUT2D eigenvalue weighted by Crippen LogP contribution is -2.05. The van der Waals surface area contributed by atoms with Crippen molar-refractivity contribution in [2.45, 2.75) is 12.8 Å². The normalized spacial score (nSPS) is 11.4. The predicted octanol–water partition coefficient (Wildman–Crippen LogP) is 3.73. The fourth-order valence-corrected chi connectivity index (χ4v) is 1.43. The lowest BCUT2D eigenvalue weighted by Gasteiger charge is -2.09. The number of alkyl halides is 3. The van der Waals surface area contributed by atoms with Crippen molar-refractivity contribution in [2.75, 3.05) is 0 Å². The van der Waals surface area contributed by atoms with Gasteiger partial charge < -0.3 is 4.74 Å². The van der Waals surface area contributed by atoms with Crippen LogP contribution in [0.25, 0.3) is 0 Å². The lowest BCUT2D eigenvalue weighted by molar-refractivity contribution is -0.137. The average molecular weight is 289 g/mol. The summed E-state index contributed by atoms with van der Waals surface area (Å²) < 4.78 is 42.7. The van der Waals surface area contributed by atoms with Crippen LogP contribution in [-0.2, 0) is 12.8 Å². The Morgan fingerprint density at radius 2 is 1.95 bits per heavy atom. The molecule has 0 bridgehead atoms. The van der Waals surface area contributed by atoms with Gasteiger partial charge in [0.25, 0.3) is 0 Å². The number of ether oxygens (including phenoxy) is 1. The second kappa shape index (κ2) is 5.44.